The highest BCUT2D eigenvalue weighted by molar-refractivity contribution is 5.91. The van der Waals surface area contributed by atoms with Crippen LogP contribution in [0.5, 0.6) is 0 Å². The Hall–Kier alpha value is -2.32. The fourth-order valence-corrected chi connectivity index (χ4v) is 2.77. The van der Waals surface area contributed by atoms with E-state index in [0.717, 1.165) is 18.8 Å². The molecule has 0 saturated carbocycles. The largest absolute Gasteiger partial charge is 0.388 e. The lowest BCUT2D eigenvalue weighted by Crippen LogP contribution is -2.44. The van der Waals surface area contributed by atoms with Crippen molar-refractivity contribution in [2.45, 2.75) is 31.4 Å². The third kappa shape index (κ3) is 4.36. The van der Waals surface area contributed by atoms with Crippen LogP contribution in [0, 0.1) is 0 Å². The molecule has 2 aromatic rings. The van der Waals surface area contributed by atoms with Crippen LogP contribution in [0.25, 0.3) is 0 Å². The first-order chi connectivity index (χ1) is 11.6. The van der Waals surface area contributed by atoms with E-state index in [4.69, 9.17) is 0 Å². The molecule has 0 aromatic carbocycles. The quantitative estimate of drug-likeness (QED) is 0.675. The van der Waals surface area contributed by atoms with E-state index in [0.29, 0.717) is 32.4 Å². The van der Waals surface area contributed by atoms with E-state index in [1.807, 2.05) is 18.2 Å². The predicted octanol–water partition coefficient (Wildman–Crippen LogP) is -0.240. The number of carbonyl (C=O) groups excluding carboxylic acids is 1. The van der Waals surface area contributed by atoms with Gasteiger partial charge in [0.15, 0.2) is 5.69 Å². The van der Waals surface area contributed by atoms with Gasteiger partial charge in [0.2, 0.25) is 0 Å². The molecule has 0 unspecified atom stereocenters. The third-order valence-corrected chi connectivity index (χ3v) is 4.15. The standard InChI is InChI=1S/C16H22N6O2/c23-15(19-8-4-13-3-1-2-7-18-13)14-11-22(21-20-14)12-16(24)5-9-17-10-6-16/h1-3,7,11,17,24H,4-6,8-10,12H2,(H,19,23). The van der Waals surface area contributed by atoms with E-state index < -0.39 is 5.60 Å². The Morgan fingerprint density at radius 2 is 2.21 bits per heavy atom. The molecule has 0 radical (unpaired) electrons. The van der Waals surface area contributed by atoms with Gasteiger partial charge in [-0.25, -0.2) is 4.68 Å². The van der Waals surface area contributed by atoms with Gasteiger partial charge >= 0.3 is 0 Å². The Labute approximate surface area is 140 Å². The van der Waals surface area contributed by atoms with E-state index in [9.17, 15) is 9.90 Å². The highest BCUT2D eigenvalue weighted by atomic mass is 16.3. The van der Waals surface area contributed by atoms with Crippen molar-refractivity contribution in [2.24, 2.45) is 0 Å². The number of pyridine rings is 1. The minimum absolute atomic E-state index is 0.258. The maximum Gasteiger partial charge on any atom is 0.273 e. The molecule has 0 aliphatic carbocycles. The summed E-state index contributed by atoms with van der Waals surface area (Å²) in [7, 11) is 0. The van der Waals surface area contributed by atoms with Crippen LogP contribution in [0.2, 0.25) is 0 Å². The van der Waals surface area contributed by atoms with Crippen LogP contribution in [-0.4, -0.2) is 56.2 Å². The molecule has 0 atom stereocenters. The fraction of sp³-hybridized carbons (Fsp3) is 0.500. The van der Waals surface area contributed by atoms with Gasteiger partial charge in [-0.3, -0.25) is 9.78 Å². The molecule has 8 heteroatoms. The van der Waals surface area contributed by atoms with Gasteiger partial charge in [0, 0.05) is 24.9 Å². The second-order valence-corrected chi connectivity index (χ2v) is 6.10. The zero-order valence-corrected chi connectivity index (χ0v) is 13.5. The Morgan fingerprint density at radius 3 is 2.96 bits per heavy atom. The number of amides is 1. The molecule has 1 aliphatic heterocycles. The molecule has 3 rings (SSSR count). The van der Waals surface area contributed by atoms with Crippen molar-refractivity contribution >= 4 is 5.91 Å². The lowest BCUT2D eigenvalue weighted by Gasteiger charge is -2.32. The molecule has 3 heterocycles. The maximum absolute atomic E-state index is 12.1. The normalized spacial score (nSPS) is 16.7. The van der Waals surface area contributed by atoms with E-state index in [1.54, 1.807) is 17.1 Å². The first-order valence-corrected chi connectivity index (χ1v) is 8.16. The molecule has 1 amide bonds. The highest BCUT2D eigenvalue weighted by Crippen LogP contribution is 2.19. The van der Waals surface area contributed by atoms with Crippen LogP contribution >= 0.6 is 0 Å². The number of hydrogen-bond donors (Lipinski definition) is 3. The van der Waals surface area contributed by atoms with Crippen LogP contribution in [-0.2, 0) is 13.0 Å². The van der Waals surface area contributed by atoms with Crippen molar-refractivity contribution in [2.75, 3.05) is 19.6 Å². The molecule has 1 fully saturated rings. The summed E-state index contributed by atoms with van der Waals surface area (Å²) in [5.41, 5.74) is 0.397. The average Bonchev–Trinajstić information content (AvgIpc) is 3.04. The second kappa shape index (κ2) is 7.50. The van der Waals surface area contributed by atoms with Crippen molar-refractivity contribution in [1.82, 2.24) is 30.6 Å². The van der Waals surface area contributed by atoms with Gasteiger partial charge in [-0.2, -0.15) is 0 Å². The SMILES string of the molecule is O=C(NCCc1ccccn1)c1cn(CC2(O)CCNCC2)nn1. The Bertz CT molecular complexity index is 666. The summed E-state index contributed by atoms with van der Waals surface area (Å²) in [5, 5.41) is 24.4. The molecule has 1 aliphatic rings. The second-order valence-electron chi connectivity index (χ2n) is 6.10. The molecule has 0 bridgehead atoms. The number of carbonyl (C=O) groups is 1. The molecule has 8 nitrogen and oxygen atoms in total. The lowest BCUT2D eigenvalue weighted by molar-refractivity contribution is -0.00866. The van der Waals surface area contributed by atoms with Crippen LogP contribution in [0.4, 0.5) is 0 Å². The molecule has 0 spiro atoms. The van der Waals surface area contributed by atoms with Gasteiger partial charge in [0.25, 0.3) is 5.91 Å². The van der Waals surface area contributed by atoms with E-state index in [2.05, 4.69) is 25.9 Å². The summed E-state index contributed by atoms with van der Waals surface area (Å²) in [5.74, 6) is -0.269. The Morgan fingerprint density at radius 1 is 1.38 bits per heavy atom. The van der Waals surface area contributed by atoms with Gasteiger partial charge in [-0.15, -0.1) is 5.10 Å². The molecule has 128 valence electrons. The zero-order valence-electron chi connectivity index (χ0n) is 13.5. The van der Waals surface area contributed by atoms with Crippen molar-refractivity contribution in [1.29, 1.82) is 0 Å². The number of nitrogens with one attached hydrogen (secondary N) is 2. The lowest BCUT2D eigenvalue weighted by atomic mass is 9.92. The van der Waals surface area contributed by atoms with Gasteiger partial charge in [-0.05, 0) is 38.1 Å². The van der Waals surface area contributed by atoms with Crippen molar-refractivity contribution in [3.05, 3.63) is 42.0 Å². The number of piperidine rings is 1. The summed E-state index contributed by atoms with van der Waals surface area (Å²) in [6.07, 6.45) is 5.30. The average molecular weight is 330 g/mol. The van der Waals surface area contributed by atoms with Gasteiger partial charge in [0.1, 0.15) is 0 Å². The van der Waals surface area contributed by atoms with Crippen LogP contribution in [0.3, 0.4) is 0 Å². The van der Waals surface area contributed by atoms with Crippen molar-refractivity contribution in [3.8, 4) is 0 Å². The first kappa shape index (κ1) is 16.5. The van der Waals surface area contributed by atoms with Crippen LogP contribution < -0.4 is 10.6 Å². The van der Waals surface area contributed by atoms with E-state index in [1.165, 1.54) is 0 Å². The van der Waals surface area contributed by atoms with Gasteiger partial charge in [0.05, 0.1) is 18.3 Å². The zero-order chi connectivity index (χ0) is 16.8. The van der Waals surface area contributed by atoms with E-state index in [-0.39, 0.29) is 11.6 Å². The van der Waals surface area contributed by atoms with Gasteiger partial charge in [-0.1, -0.05) is 11.3 Å². The first-order valence-electron chi connectivity index (χ1n) is 8.16. The maximum atomic E-state index is 12.1. The molecule has 2 aromatic heterocycles. The molecular formula is C16H22N6O2. The smallest absolute Gasteiger partial charge is 0.273 e. The number of hydrogen-bond acceptors (Lipinski definition) is 6. The monoisotopic (exact) mass is 330 g/mol. The molecule has 1 saturated heterocycles. The molecule has 24 heavy (non-hydrogen) atoms. The third-order valence-electron chi connectivity index (χ3n) is 4.15. The van der Waals surface area contributed by atoms with Crippen LogP contribution in [0.1, 0.15) is 29.0 Å². The Balaban J connectivity index is 1.50. The van der Waals surface area contributed by atoms with Crippen molar-refractivity contribution in [3.63, 3.8) is 0 Å². The Kier molecular flexibility index (Phi) is 5.17. The van der Waals surface area contributed by atoms with Crippen molar-refractivity contribution < 1.29 is 9.90 Å². The number of nitrogens with zero attached hydrogens (tertiary/aromatic N) is 4. The molecular weight excluding hydrogens is 308 g/mol. The van der Waals surface area contributed by atoms with Crippen LogP contribution in [0.15, 0.2) is 30.6 Å². The summed E-state index contributed by atoms with van der Waals surface area (Å²) in [6, 6.07) is 5.69. The topological polar surface area (TPSA) is 105 Å². The summed E-state index contributed by atoms with van der Waals surface area (Å²) in [4.78, 5) is 16.3. The van der Waals surface area contributed by atoms with E-state index >= 15 is 0 Å². The number of aromatic nitrogens is 4. The number of aliphatic hydroxyl groups is 1. The minimum atomic E-state index is -0.786. The minimum Gasteiger partial charge on any atom is -0.388 e. The fourth-order valence-electron chi connectivity index (χ4n) is 2.77. The summed E-state index contributed by atoms with van der Waals surface area (Å²) < 4.78 is 1.54. The predicted molar refractivity (Wildman–Crippen MR) is 87.3 cm³/mol. The number of rotatable bonds is 6. The molecule has 3 N–H and O–H groups in total. The highest BCUT2D eigenvalue weighted by Gasteiger charge is 2.30. The summed E-state index contributed by atoms with van der Waals surface area (Å²) >= 11 is 0. The summed E-state index contributed by atoms with van der Waals surface area (Å²) in [6.45, 7) is 2.40. The van der Waals surface area contributed by atoms with Gasteiger partial charge < -0.3 is 15.7 Å².